The van der Waals surface area contributed by atoms with Crippen LogP contribution in [-0.2, 0) is 4.79 Å². The standard InChI is InChI=1S/C20H21Br2N3O3/c1-3-10-28-18-9-8-15(21)11-14(18)12-23-25-19(26)13(2)24-20(27)16-6-4-5-7-17(16)22/h4-9,11-13H,3,10H2,1-2H3,(H,24,27)(H,25,26). The van der Waals surface area contributed by atoms with E-state index in [9.17, 15) is 9.59 Å². The number of hydrazone groups is 1. The van der Waals surface area contributed by atoms with Gasteiger partial charge in [0.05, 0.1) is 18.4 Å². The zero-order valence-corrected chi connectivity index (χ0v) is 18.7. The van der Waals surface area contributed by atoms with Crippen molar-refractivity contribution in [2.75, 3.05) is 6.61 Å². The molecule has 0 heterocycles. The van der Waals surface area contributed by atoms with Crippen LogP contribution in [0.2, 0.25) is 0 Å². The van der Waals surface area contributed by atoms with Gasteiger partial charge in [0.2, 0.25) is 0 Å². The number of benzene rings is 2. The Balaban J connectivity index is 1.97. The minimum Gasteiger partial charge on any atom is -0.493 e. The number of amides is 2. The van der Waals surface area contributed by atoms with Crippen molar-refractivity contribution in [3.05, 3.63) is 62.5 Å². The summed E-state index contributed by atoms with van der Waals surface area (Å²) in [5.74, 6) is -0.0950. The summed E-state index contributed by atoms with van der Waals surface area (Å²) in [7, 11) is 0. The maximum atomic E-state index is 12.3. The number of hydrogen-bond acceptors (Lipinski definition) is 4. The molecule has 1 unspecified atom stereocenters. The Morgan fingerprint density at radius 1 is 1.21 bits per heavy atom. The van der Waals surface area contributed by atoms with Crippen molar-refractivity contribution in [2.45, 2.75) is 26.3 Å². The number of carbonyl (C=O) groups is 2. The molecule has 1 atom stereocenters. The Morgan fingerprint density at radius 2 is 1.96 bits per heavy atom. The number of nitrogens with zero attached hydrogens (tertiary/aromatic N) is 1. The first-order valence-electron chi connectivity index (χ1n) is 8.73. The second-order valence-electron chi connectivity index (χ2n) is 5.94. The van der Waals surface area contributed by atoms with E-state index in [0.717, 1.165) is 16.5 Å². The fourth-order valence-electron chi connectivity index (χ4n) is 2.21. The van der Waals surface area contributed by atoms with E-state index in [0.29, 0.717) is 22.4 Å². The second-order valence-corrected chi connectivity index (χ2v) is 7.71. The highest BCUT2D eigenvalue weighted by atomic mass is 79.9. The fourth-order valence-corrected chi connectivity index (χ4v) is 3.05. The zero-order valence-electron chi connectivity index (χ0n) is 15.5. The predicted molar refractivity (Wildman–Crippen MR) is 117 cm³/mol. The summed E-state index contributed by atoms with van der Waals surface area (Å²) in [6, 6.07) is 11.8. The molecular formula is C20H21Br2N3O3. The molecule has 2 aromatic rings. The van der Waals surface area contributed by atoms with Gasteiger partial charge in [0.25, 0.3) is 11.8 Å². The van der Waals surface area contributed by atoms with Crippen LogP contribution in [0.5, 0.6) is 5.75 Å². The summed E-state index contributed by atoms with van der Waals surface area (Å²) in [5.41, 5.74) is 3.62. The van der Waals surface area contributed by atoms with Gasteiger partial charge < -0.3 is 10.1 Å². The van der Waals surface area contributed by atoms with Gasteiger partial charge in [-0.25, -0.2) is 5.43 Å². The van der Waals surface area contributed by atoms with Crippen molar-refractivity contribution < 1.29 is 14.3 Å². The van der Waals surface area contributed by atoms with Crippen LogP contribution in [0.4, 0.5) is 0 Å². The van der Waals surface area contributed by atoms with Crippen molar-refractivity contribution in [3.8, 4) is 5.75 Å². The van der Waals surface area contributed by atoms with Gasteiger partial charge in [0.15, 0.2) is 0 Å². The van der Waals surface area contributed by atoms with Crippen LogP contribution in [0.25, 0.3) is 0 Å². The normalized spacial score (nSPS) is 11.9. The predicted octanol–water partition coefficient (Wildman–Crippen LogP) is 4.27. The molecule has 2 rings (SSSR count). The van der Waals surface area contributed by atoms with E-state index in [1.165, 1.54) is 6.21 Å². The number of rotatable bonds is 8. The topological polar surface area (TPSA) is 79.8 Å². The molecule has 0 spiro atoms. The molecule has 0 aliphatic heterocycles. The molecule has 8 heteroatoms. The van der Waals surface area contributed by atoms with Gasteiger partial charge in [-0.15, -0.1) is 0 Å². The van der Waals surface area contributed by atoms with Crippen LogP contribution >= 0.6 is 31.9 Å². The molecule has 0 fully saturated rings. The average molecular weight is 511 g/mol. The molecule has 2 N–H and O–H groups in total. The highest BCUT2D eigenvalue weighted by molar-refractivity contribution is 9.10. The Labute approximate surface area is 181 Å². The fraction of sp³-hybridized carbons (Fsp3) is 0.250. The van der Waals surface area contributed by atoms with Crippen LogP contribution in [0, 0.1) is 0 Å². The summed E-state index contributed by atoms with van der Waals surface area (Å²) < 4.78 is 7.21. The molecule has 148 valence electrons. The number of ether oxygens (including phenoxy) is 1. The SMILES string of the molecule is CCCOc1ccc(Br)cc1C=NNC(=O)C(C)NC(=O)c1ccccc1Br. The lowest BCUT2D eigenvalue weighted by atomic mass is 10.2. The highest BCUT2D eigenvalue weighted by Gasteiger charge is 2.17. The van der Waals surface area contributed by atoms with Gasteiger partial charge in [-0.05, 0) is 59.6 Å². The Morgan fingerprint density at radius 3 is 2.68 bits per heavy atom. The van der Waals surface area contributed by atoms with Gasteiger partial charge in [0.1, 0.15) is 11.8 Å². The molecule has 2 aromatic carbocycles. The van der Waals surface area contributed by atoms with E-state index in [4.69, 9.17) is 4.74 Å². The van der Waals surface area contributed by atoms with E-state index in [2.05, 4.69) is 47.7 Å². The van der Waals surface area contributed by atoms with Crippen molar-refractivity contribution in [2.24, 2.45) is 5.10 Å². The molecule has 2 amide bonds. The van der Waals surface area contributed by atoms with E-state index in [1.807, 2.05) is 31.2 Å². The van der Waals surface area contributed by atoms with E-state index < -0.39 is 11.9 Å². The number of nitrogens with one attached hydrogen (secondary N) is 2. The zero-order chi connectivity index (χ0) is 20.5. The largest absolute Gasteiger partial charge is 0.493 e. The van der Waals surface area contributed by atoms with Gasteiger partial charge in [-0.2, -0.15) is 5.10 Å². The lowest BCUT2D eigenvalue weighted by molar-refractivity contribution is -0.122. The van der Waals surface area contributed by atoms with Crippen molar-refractivity contribution in [3.63, 3.8) is 0 Å². The van der Waals surface area contributed by atoms with Crippen molar-refractivity contribution in [1.82, 2.24) is 10.7 Å². The summed E-state index contributed by atoms with van der Waals surface area (Å²) in [6.45, 7) is 4.21. The first-order chi connectivity index (χ1) is 13.4. The summed E-state index contributed by atoms with van der Waals surface area (Å²) in [6.07, 6.45) is 2.40. The van der Waals surface area contributed by atoms with E-state index >= 15 is 0 Å². The molecule has 28 heavy (non-hydrogen) atoms. The van der Waals surface area contributed by atoms with Crippen LogP contribution < -0.4 is 15.5 Å². The van der Waals surface area contributed by atoms with Crippen LogP contribution in [0.3, 0.4) is 0 Å². The van der Waals surface area contributed by atoms with Crippen molar-refractivity contribution >= 4 is 49.9 Å². The van der Waals surface area contributed by atoms with E-state index in [1.54, 1.807) is 25.1 Å². The van der Waals surface area contributed by atoms with E-state index in [-0.39, 0.29) is 5.91 Å². The van der Waals surface area contributed by atoms with Crippen LogP contribution in [-0.4, -0.2) is 30.7 Å². The Kier molecular flexibility index (Phi) is 8.66. The monoisotopic (exact) mass is 509 g/mol. The molecule has 0 bridgehead atoms. The maximum Gasteiger partial charge on any atom is 0.262 e. The molecule has 0 aliphatic rings. The molecule has 0 saturated heterocycles. The molecule has 0 radical (unpaired) electrons. The van der Waals surface area contributed by atoms with Crippen LogP contribution in [0.1, 0.15) is 36.2 Å². The van der Waals surface area contributed by atoms with Gasteiger partial charge in [-0.1, -0.05) is 35.0 Å². The Bertz CT molecular complexity index is 872. The molecule has 0 saturated carbocycles. The minimum atomic E-state index is -0.755. The number of halogens is 2. The van der Waals surface area contributed by atoms with Crippen molar-refractivity contribution in [1.29, 1.82) is 0 Å². The lowest BCUT2D eigenvalue weighted by Gasteiger charge is -2.13. The first kappa shape index (κ1) is 22.1. The minimum absolute atomic E-state index is 0.346. The van der Waals surface area contributed by atoms with Gasteiger partial charge in [0, 0.05) is 14.5 Å². The lowest BCUT2D eigenvalue weighted by Crippen LogP contribution is -2.43. The van der Waals surface area contributed by atoms with Crippen LogP contribution in [0.15, 0.2) is 56.5 Å². The summed E-state index contributed by atoms with van der Waals surface area (Å²) in [5, 5.41) is 6.63. The highest BCUT2D eigenvalue weighted by Crippen LogP contribution is 2.22. The maximum absolute atomic E-state index is 12.3. The third kappa shape index (κ3) is 6.45. The first-order valence-corrected chi connectivity index (χ1v) is 10.3. The second kappa shape index (κ2) is 11.0. The number of hydrogen-bond donors (Lipinski definition) is 2. The Hall–Kier alpha value is -2.19. The summed E-state index contributed by atoms with van der Waals surface area (Å²) >= 11 is 6.73. The molecule has 0 aromatic heterocycles. The quantitative estimate of drug-likeness (QED) is 0.411. The summed E-state index contributed by atoms with van der Waals surface area (Å²) in [4.78, 5) is 24.5. The third-order valence-corrected chi connectivity index (χ3v) is 4.86. The molecule has 0 aliphatic carbocycles. The average Bonchev–Trinajstić information content (AvgIpc) is 2.67. The van der Waals surface area contributed by atoms with Gasteiger partial charge >= 0.3 is 0 Å². The smallest absolute Gasteiger partial charge is 0.262 e. The third-order valence-electron chi connectivity index (χ3n) is 3.67. The number of carbonyl (C=O) groups excluding carboxylic acids is 2. The van der Waals surface area contributed by atoms with Gasteiger partial charge in [-0.3, -0.25) is 9.59 Å². The molecular weight excluding hydrogens is 490 g/mol. The molecule has 6 nitrogen and oxygen atoms in total.